The van der Waals surface area contributed by atoms with E-state index in [0.717, 1.165) is 64.0 Å². The number of amides is 1. The van der Waals surface area contributed by atoms with Crippen LogP contribution in [0.3, 0.4) is 0 Å². The van der Waals surface area contributed by atoms with E-state index in [1.54, 1.807) is 6.20 Å². The number of carbonyl (C=O) groups is 1. The molecule has 26 heavy (non-hydrogen) atoms. The van der Waals surface area contributed by atoms with Gasteiger partial charge in [0.15, 0.2) is 0 Å². The lowest BCUT2D eigenvalue weighted by molar-refractivity contribution is -0.136. The van der Waals surface area contributed by atoms with E-state index in [1.165, 1.54) is 12.8 Å². The van der Waals surface area contributed by atoms with Gasteiger partial charge in [0.05, 0.1) is 5.56 Å². The summed E-state index contributed by atoms with van der Waals surface area (Å²) >= 11 is 0. The van der Waals surface area contributed by atoms with E-state index < -0.39 is 0 Å². The van der Waals surface area contributed by atoms with Crippen LogP contribution in [-0.4, -0.2) is 41.5 Å². The van der Waals surface area contributed by atoms with Gasteiger partial charge in [0.1, 0.15) is 11.9 Å². The third-order valence-corrected chi connectivity index (χ3v) is 6.30. The first-order valence-corrected chi connectivity index (χ1v) is 10.2. The molecule has 0 bridgehead atoms. The molecule has 0 aromatic carbocycles. The van der Waals surface area contributed by atoms with Crippen molar-refractivity contribution >= 4 is 11.7 Å². The highest BCUT2D eigenvalue weighted by molar-refractivity contribution is 5.81. The number of hydrogen-bond donors (Lipinski definition) is 0. The van der Waals surface area contributed by atoms with Crippen molar-refractivity contribution in [3.05, 3.63) is 23.9 Å². The molecule has 1 saturated carbocycles. The molecule has 1 amide bonds. The smallest absolute Gasteiger partial charge is 0.225 e. The molecule has 3 heterocycles. The van der Waals surface area contributed by atoms with Crippen LogP contribution in [0.1, 0.15) is 56.9 Å². The summed E-state index contributed by atoms with van der Waals surface area (Å²) in [4.78, 5) is 21.7. The van der Waals surface area contributed by atoms with Gasteiger partial charge < -0.3 is 9.80 Å². The fourth-order valence-corrected chi connectivity index (χ4v) is 4.69. The molecule has 0 N–H and O–H groups in total. The summed E-state index contributed by atoms with van der Waals surface area (Å²) in [6.45, 7) is 2.82. The molecule has 138 valence electrons. The zero-order valence-corrected chi connectivity index (χ0v) is 15.4. The first-order valence-electron chi connectivity index (χ1n) is 10.2. The fourth-order valence-electron chi connectivity index (χ4n) is 4.69. The SMILES string of the molecule is N#Cc1cccnc1N1CCC([C@@H]2CCCCCN2C(=O)C2CC2)CC1. The molecule has 2 aliphatic heterocycles. The molecule has 1 atom stereocenters. The van der Waals surface area contributed by atoms with Crippen LogP contribution in [0.5, 0.6) is 0 Å². The van der Waals surface area contributed by atoms with E-state index in [0.29, 0.717) is 29.3 Å². The number of piperidine rings is 1. The molecule has 0 spiro atoms. The van der Waals surface area contributed by atoms with Crippen LogP contribution in [-0.2, 0) is 4.79 Å². The molecule has 3 aliphatic rings. The molecule has 1 aromatic rings. The molecule has 1 aromatic heterocycles. The molecule has 4 rings (SSSR count). The van der Waals surface area contributed by atoms with Crippen molar-refractivity contribution in [2.24, 2.45) is 11.8 Å². The fraction of sp³-hybridized carbons (Fsp3) is 0.667. The molecule has 0 radical (unpaired) electrons. The summed E-state index contributed by atoms with van der Waals surface area (Å²) < 4.78 is 0. The Bertz CT molecular complexity index is 685. The minimum Gasteiger partial charge on any atom is -0.356 e. The van der Waals surface area contributed by atoms with Crippen molar-refractivity contribution in [2.45, 2.75) is 57.4 Å². The predicted octanol–water partition coefficient (Wildman–Crippen LogP) is 3.35. The summed E-state index contributed by atoms with van der Waals surface area (Å²) in [5.74, 6) is 2.15. The van der Waals surface area contributed by atoms with Crippen molar-refractivity contribution in [2.75, 3.05) is 24.5 Å². The monoisotopic (exact) mass is 352 g/mol. The highest BCUT2D eigenvalue weighted by atomic mass is 16.2. The maximum absolute atomic E-state index is 12.8. The first kappa shape index (κ1) is 17.3. The molecule has 3 fully saturated rings. The van der Waals surface area contributed by atoms with Gasteiger partial charge in [-0.1, -0.05) is 12.8 Å². The summed E-state index contributed by atoms with van der Waals surface area (Å²) in [5, 5.41) is 9.33. The minimum absolute atomic E-state index is 0.322. The van der Waals surface area contributed by atoms with Crippen LogP contribution in [0, 0.1) is 23.2 Å². The molecular weight excluding hydrogens is 324 g/mol. The lowest BCUT2D eigenvalue weighted by Gasteiger charge is -2.41. The Balaban J connectivity index is 1.44. The normalized spacial score (nSPS) is 24.8. The number of rotatable bonds is 3. The number of pyridine rings is 1. The van der Waals surface area contributed by atoms with Gasteiger partial charge in [0.2, 0.25) is 5.91 Å². The van der Waals surface area contributed by atoms with Gasteiger partial charge >= 0.3 is 0 Å². The van der Waals surface area contributed by atoms with Gasteiger partial charge in [-0.3, -0.25) is 4.79 Å². The summed E-state index contributed by atoms with van der Waals surface area (Å²) in [5.41, 5.74) is 0.658. The first-order chi connectivity index (χ1) is 12.8. The lowest BCUT2D eigenvalue weighted by atomic mass is 9.86. The Kier molecular flexibility index (Phi) is 5.10. The summed E-state index contributed by atoms with van der Waals surface area (Å²) in [6.07, 6.45) is 10.9. The number of nitrogens with zero attached hydrogens (tertiary/aromatic N) is 4. The van der Waals surface area contributed by atoms with Crippen molar-refractivity contribution in [3.63, 3.8) is 0 Å². The van der Waals surface area contributed by atoms with Gasteiger partial charge in [0.25, 0.3) is 0 Å². The molecule has 2 saturated heterocycles. The number of hydrogen-bond acceptors (Lipinski definition) is 4. The van der Waals surface area contributed by atoms with Gasteiger partial charge in [-0.15, -0.1) is 0 Å². The Labute approximate surface area is 156 Å². The molecule has 0 unspecified atom stereocenters. The Morgan fingerprint density at radius 1 is 1.08 bits per heavy atom. The zero-order valence-electron chi connectivity index (χ0n) is 15.4. The molecule has 5 heteroatoms. The van der Waals surface area contributed by atoms with Crippen molar-refractivity contribution < 1.29 is 4.79 Å². The summed E-state index contributed by atoms with van der Waals surface area (Å²) in [7, 11) is 0. The minimum atomic E-state index is 0.322. The number of anilines is 1. The standard InChI is InChI=1S/C21H28N4O/c22-15-18-5-4-11-23-20(18)24-13-9-16(10-14-24)19-6-2-1-3-12-25(19)21(26)17-7-8-17/h4-5,11,16-17,19H,1-3,6-10,12-14H2/t19-/m0/s1. The second-order valence-electron chi connectivity index (χ2n) is 8.03. The van der Waals surface area contributed by atoms with Crippen molar-refractivity contribution in [3.8, 4) is 6.07 Å². The van der Waals surface area contributed by atoms with E-state index in [4.69, 9.17) is 0 Å². The van der Waals surface area contributed by atoms with Crippen LogP contribution in [0.2, 0.25) is 0 Å². The average Bonchev–Trinajstić information content (AvgIpc) is 3.54. The second kappa shape index (κ2) is 7.65. The van der Waals surface area contributed by atoms with Crippen molar-refractivity contribution in [1.29, 1.82) is 5.26 Å². The molecule has 5 nitrogen and oxygen atoms in total. The number of aromatic nitrogens is 1. The summed E-state index contributed by atoms with van der Waals surface area (Å²) in [6, 6.07) is 6.35. The zero-order chi connectivity index (χ0) is 17.9. The lowest BCUT2D eigenvalue weighted by Crippen LogP contribution is -2.48. The van der Waals surface area contributed by atoms with Gasteiger partial charge in [-0.2, -0.15) is 5.26 Å². The number of nitriles is 1. The van der Waals surface area contributed by atoms with Crippen LogP contribution in [0.4, 0.5) is 5.82 Å². The van der Waals surface area contributed by atoms with Crippen LogP contribution >= 0.6 is 0 Å². The Hall–Kier alpha value is -2.09. The third-order valence-electron chi connectivity index (χ3n) is 6.30. The second-order valence-corrected chi connectivity index (χ2v) is 8.03. The third kappa shape index (κ3) is 3.56. The van der Waals surface area contributed by atoms with Crippen LogP contribution < -0.4 is 4.90 Å². The molecule has 1 aliphatic carbocycles. The number of carbonyl (C=O) groups excluding carboxylic acids is 1. The predicted molar refractivity (Wildman–Crippen MR) is 101 cm³/mol. The van der Waals surface area contributed by atoms with Crippen molar-refractivity contribution in [1.82, 2.24) is 9.88 Å². The van der Waals surface area contributed by atoms with E-state index >= 15 is 0 Å². The van der Waals surface area contributed by atoms with E-state index in [-0.39, 0.29) is 0 Å². The molecular formula is C21H28N4O. The topological polar surface area (TPSA) is 60.2 Å². The quantitative estimate of drug-likeness (QED) is 0.837. The largest absolute Gasteiger partial charge is 0.356 e. The number of likely N-dealkylation sites (tertiary alicyclic amines) is 1. The van der Waals surface area contributed by atoms with Crippen LogP contribution in [0.15, 0.2) is 18.3 Å². The highest BCUT2D eigenvalue weighted by Crippen LogP contribution is 2.37. The van der Waals surface area contributed by atoms with E-state index in [9.17, 15) is 10.1 Å². The Morgan fingerprint density at radius 2 is 1.88 bits per heavy atom. The maximum atomic E-state index is 12.8. The van der Waals surface area contributed by atoms with E-state index in [1.807, 2.05) is 12.1 Å². The van der Waals surface area contributed by atoms with E-state index in [2.05, 4.69) is 20.9 Å². The van der Waals surface area contributed by atoms with Gasteiger partial charge in [-0.25, -0.2) is 4.98 Å². The average molecular weight is 352 g/mol. The Morgan fingerprint density at radius 3 is 2.62 bits per heavy atom. The maximum Gasteiger partial charge on any atom is 0.225 e. The van der Waals surface area contributed by atoms with Gasteiger partial charge in [-0.05, 0) is 56.6 Å². The van der Waals surface area contributed by atoms with Gasteiger partial charge in [0, 0.05) is 37.8 Å². The highest BCUT2D eigenvalue weighted by Gasteiger charge is 2.39. The van der Waals surface area contributed by atoms with Crippen LogP contribution in [0.25, 0.3) is 0 Å².